The maximum atomic E-state index is 12.4. The number of fused-ring (bicyclic) bond motifs is 1. The lowest BCUT2D eigenvalue weighted by molar-refractivity contribution is -0.145. The third kappa shape index (κ3) is 3.50. The summed E-state index contributed by atoms with van der Waals surface area (Å²) >= 11 is 1.41. The van der Waals surface area contributed by atoms with Gasteiger partial charge in [0.15, 0.2) is 0 Å². The summed E-state index contributed by atoms with van der Waals surface area (Å²) in [5, 5.41) is 11.4. The van der Waals surface area contributed by atoms with Crippen LogP contribution in [0.3, 0.4) is 0 Å². The van der Waals surface area contributed by atoms with Crippen LogP contribution in [-0.2, 0) is 14.4 Å². The number of nitrogens with zero attached hydrogens (tertiary/aromatic N) is 1. The van der Waals surface area contributed by atoms with Gasteiger partial charge in [-0.15, -0.1) is 11.8 Å². The largest absolute Gasteiger partial charge is 0.481 e. The predicted molar refractivity (Wildman–Crippen MR) is 86.3 cm³/mol. The second-order valence-electron chi connectivity index (χ2n) is 5.79. The minimum absolute atomic E-state index is 0.0825. The Bertz CT molecular complexity index is 641. The molecule has 1 aromatic rings. The Kier molecular flexibility index (Phi) is 4.56. The molecule has 1 fully saturated rings. The smallest absolute Gasteiger partial charge is 0.306 e. The number of rotatable bonds is 3. The summed E-state index contributed by atoms with van der Waals surface area (Å²) in [4.78, 5) is 38.1. The number of carbonyl (C=O) groups excluding carboxylic acids is 2. The maximum Gasteiger partial charge on any atom is 0.306 e. The van der Waals surface area contributed by atoms with E-state index in [0.29, 0.717) is 25.9 Å². The van der Waals surface area contributed by atoms with E-state index in [-0.39, 0.29) is 24.2 Å². The molecule has 0 bridgehead atoms. The lowest BCUT2D eigenvalue weighted by Gasteiger charge is -2.31. The summed E-state index contributed by atoms with van der Waals surface area (Å²) in [5.41, 5.74) is 0.786. The van der Waals surface area contributed by atoms with E-state index >= 15 is 0 Å². The highest BCUT2D eigenvalue weighted by atomic mass is 32.2. The third-order valence-corrected chi connectivity index (χ3v) is 5.54. The molecule has 0 aliphatic carbocycles. The van der Waals surface area contributed by atoms with Crippen molar-refractivity contribution >= 4 is 35.2 Å². The number of aliphatic carboxylic acids is 1. The van der Waals surface area contributed by atoms with Gasteiger partial charge in [0.1, 0.15) is 0 Å². The Balaban J connectivity index is 1.58. The van der Waals surface area contributed by atoms with Gasteiger partial charge in [0.05, 0.1) is 16.9 Å². The highest BCUT2D eigenvalue weighted by Gasteiger charge is 2.32. The molecule has 122 valence electrons. The van der Waals surface area contributed by atoms with E-state index in [0.717, 1.165) is 10.6 Å². The molecule has 2 heterocycles. The van der Waals surface area contributed by atoms with Gasteiger partial charge in [0, 0.05) is 24.4 Å². The first-order valence-corrected chi connectivity index (χ1v) is 8.49. The van der Waals surface area contributed by atoms with Crippen molar-refractivity contribution in [3.8, 4) is 0 Å². The molecule has 1 atom stereocenters. The average Bonchev–Trinajstić information content (AvgIpc) is 2.55. The zero-order valence-electron chi connectivity index (χ0n) is 12.5. The minimum atomic E-state index is -0.795. The zero-order valence-corrected chi connectivity index (χ0v) is 13.3. The number of hydrogen-bond acceptors (Lipinski definition) is 4. The fourth-order valence-electron chi connectivity index (χ4n) is 2.89. The number of para-hydroxylation sites is 1. The number of carbonyl (C=O) groups is 3. The fourth-order valence-corrected chi connectivity index (χ4v) is 3.99. The molecule has 3 rings (SSSR count). The van der Waals surface area contributed by atoms with Crippen molar-refractivity contribution in [2.24, 2.45) is 5.92 Å². The topological polar surface area (TPSA) is 86.7 Å². The number of carboxylic acids is 1. The molecule has 2 aliphatic heterocycles. The van der Waals surface area contributed by atoms with Crippen LogP contribution in [0, 0.1) is 5.92 Å². The molecule has 0 aromatic heterocycles. The summed E-state index contributed by atoms with van der Waals surface area (Å²) in [6.45, 7) is 0.900. The SMILES string of the molecule is O=C(O)C1CCN(C(=O)C[C@H]2Sc3ccccc3NC2=O)CC1. The summed E-state index contributed by atoms with van der Waals surface area (Å²) in [5.74, 6) is -1.39. The Morgan fingerprint density at radius 3 is 2.65 bits per heavy atom. The van der Waals surface area contributed by atoms with Gasteiger partial charge in [-0.1, -0.05) is 12.1 Å². The van der Waals surface area contributed by atoms with Gasteiger partial charge in [-0.2, -0.15) is 0 Å². The van der Waals surface area contributed by atoms with Crippen LogP contribution >= 0.6 is 11.8 Å². The molecule has 2 aliphatic rings. The van der Waals surface area contributed by atoms with Gasteiger partial charge in [0.25, 0.3) is 0 Å². The first-order chi connectivity index (χ1) is 11.0. The molecule has 6 nitrogen and oxygen atoms in total. The first kappa shape index (κ1) is 15.9. The van der Waals surface area contributed by atoms with Crippen LogP contribution < -0.4 is 5.32 Å². The first-order valence-electron chi connectivity index (χ1n) is 7.61. The number of thioether (sulfide) groups is 1. The van der Waals surface area contributed by atoms with E-state index in [1.54, 1.807) is 4.90 Å². The number of likely N-dealkylation sites (tertiary alicyclic amines) is 1. The molecule has 7 heteroatoms. The van der Waals surface area contributed by atoms with Crippen molar-refractivity contribution in [2.75, 3.05) is 18.4 Å². The standard InChI is InChI=1S/C16H18N2O4S/c19-14(18-7-5-10(6-8-18)16(21)22)9-13-15(20)17-11-3-1-2-4-12(11)23-13/h1-4,10,13H,5-9H2,(H,17,20)(H,21,22)/t13-/m1/s1. The zero-order chi connectivity index (χ0) is 16.4. The minimum Gasteiger partial charge on any atom is -0.481 e. The summed E-state index contributed by atoms with van der Waals surface area (Å²) in [6.07, 6.45) is 1.10. The van der Waals surface area contributed by atoms with E-state index in [1.807, 2.05) is 24.3 Å². The van der Waals surface area contributed by atoms with Gasteiger partial charge in [-0.25, -0.2) is 0 Å². The van der Waals surface area contributed by atoms with Crippen molar-refractivity contribution in [2.45, 2.75) is 29.4 Å². The number of amides is 2. The van der Waals surface area contributed by atoms with Crippen molar-refractivity contribution in [3.63, 3.8) is 0 Å². The molecule has 0 unspecified atom stereocenters. The number of anilines is 1. The Labute approximate surface area is 138 Å². The molecule has 0 radical (unpaired) electrons. The van der Waals surface area contributed by atoms with Crippen molar-refractivity contribution in [3.05, 3.63) is 24.3 Å². The molecule has 1 saturated heterocycles. The molecule has 0 saturated carbocycles. The summed E-state index contributed by atoms with van der Waals surface area (Å²) in [7, 11) is 0. The predicted octanol–water partition coefficient (Wildman–Crippen LogP) is 1.81. The molecule has 2 N–H and O–H groups in total. The molecule has 23 heavy (non-hydrogen) atoms. The second-order valence-corrected chi connectivity index (χ2v) is 7.03. The van der Waals surface area contributed by atoms with Gasteiger partial charge < -0.3 is 15.3 Å². The van der Waals surface area contributed by atoms with E-state index in [2.05, 4.69) is 5.32 Å². The summed E-state index contributed by atoms with van der Waals surface area (Å²) in [6, 6.07) is 7.53. The van der Waals surface area contributed by atoms with Gasteiger partial charge in [0.2, 0.25) is 11.8 Å². The van der Waals surface area contributed by atoms with Crippen molar-refractivity contribution < 1.29 is 19.5 Å². The number of hydrogen-bond donors (Lipinski definition) is 2. The Morgan fingerprint density at radius 2 is 1.96 bits per heavy atom. The monoisotopic (exact) mass is 334 g/mol. The number of nitrogens with one attached hydrogen (secondary N) is 1. The quantitative estimate of drug-likeness (QED) is 0.880. The fraction of sp³-hybridized carbons (Fsp3) is 0.438. The van der Waals surface area contributed by atoms with E-state index in [1.165, 1.54) is 11.8 Å². The van der Waals surface area contributed by atoms with E-state index < -0.39 is 11.2 Å². The molecule has 1 aromatic carbocycles. The second kappa shape index (κ2) is 6.62. The molecule has 2 amide bonds. The molecular weight excluding hydrogens is 316 g/mol. The van der Waals surface area contributed by atoms with Crippen molar-refractivity contribution in [1.82, 2.24) is 4.90 Å². The third-order valence-electron chi connectivity index (χ3n) is 4.26. The van der Waals surface area contributed by atoms with E-state index in [9.17, 15) is 14.4 Å². The van der Waals surface area contributed by atoms with Gasteiger partial charge in [-0.3, -0.25) is 14.4 Å². The Hall–Kier alpha value is -2.02. The lowest BCUT2D eigenvalue weighted by Crippen LogP contribution is -2.42. The van der Waals surface area contributed by atoms with E-state index in [4.69, 9.17) is 5.11 Å². The number of piperidine rings is 1. The normalized spacial score (nSPS) is 21.5. The summed E-state index contributed by atoms with van der Waals surface area (Å²) < 4.78 is 0. The highest BCUT2D eigenvalue weighted by molar-refractivity contribution is 8.01. The number of benzene rings is 1. The van der Waals surface area contributed by atoms with Crippen LogP contribution in [0.1, 0.15) is 19.3 Å². The van der Waals surface area contributed by atoms with Crippen molar-refractivity contribution in [1.29, 1.82) is 0 Å². The van der Waals surface area contributed by atoms with Crippen LogP contribution in [-0.4, -0.2) is 46.1 Å². The van der Waals surface area contributed by atoms with Gasteiger partial charge in [-0.05, 0) is 25.0 Å². The molecular formula is C16H18N2O4S. The maximum absolute atomic E-state index is 12.4. The van der Waals surface area contributed by atoms with Crippen LogP contribution in [0.2, 0.25) is 0 Å². The van der Waals surface area contributed by atoms with Crippen LogP contribution in [0.25, 0.3) is 0 Å². The van der Waals surface area contributed by atoms with Gasteiger partial charge >= 0.3 is 5.97 Å². The van der Waals surface area contributed by atoms with Crippen LogP contribution in [0.5, 0.6) is 0 Å². The Morgan fingerprint density at radius 1 is 1.26 bits per heavy atom. The highest BCUT2D eigenvalue weighted by Crippen LogP contribution is 2.37. The van der Waals surface area contributed by atoms with Crippen LogP contribution in [0.15, 0.2) is 29.2 Å². The average molecular weight is 334 g/mol. The lowest BCUT2D eigenvalue weighted by atomic mass is 9.97. The molecule has 0 spiro atoms. The van der Waals surface area contributed by atoms with Crippen LogP contribution in [0.4, 0.5) is 5.69 Å². The number of carboxylic acid groups (broad SMARTS) is 1.